The summed E-state index contributed by atoms with van der Waals surface area (Å²) in [5, 5.41) is 0.629. The maximum Gasteiger partial charge on any atom is 0.258 e. The molecule has 4 heterocycles. The molecule has 0 radical (unpaired) electrons. The Morgan fingerprint density at radius 2 is 1.79 bits per heavy atom. The average molecular weight is 387 g/mol. The van der Waals surface area contributed by atoms with E-state index in [-0.39, 0.29) is 11.0 Å². The Morgan fingerprint density at radius 1 is 1.03 bits per heavy atom. The maximum absolute atomic E-state index is 12.9. The number of hydrogen-bond acceptors (Lipinski definition) is 4. The van der Waals surface area contributed by atoms with E-state index in [4.69, 9.17) is 4.98 Å². The minimum absolute atomic E-state index is 0.0634. The molecule has 0 unspecified atom stereocenters. The number of pyridine rings is 1. The lowest BCUT2D eigenvalue weighted by molar-refractivity contribution is 0.193. The van der Waals surface area contributed by atoms with Crippen LogP contribution < -0.4 is 5.56 Å². The Labute approximate surface area is 169 Å². The van der Waals surface area contributed by atoms with Gasteiger partial charge in [-0.15, -0.1) is 0 Å². The molecule has 1 N–H and O–H groups in total. The van der Waals surface area contributed by atoms with Gasteiger partial charge in [-0.3, -0.25) is 4.79 Å². The molecule has 1 aromatic carbocycles. The Kier molecular flexibility index (Phi) is 4.06. The highest BCUT2D eigenvalue weighted by molar-refractivity contribution is 5.83. The van der Waals surface area contributed by atoms with Gasteiger partial charge < -0.3 is 14.3 Å². The fourth-order valence-electron chi connectivity index (χ4n) is 4.24. The summed E-state index contributed by atoms with van der Waals surface area (Å²) in [6, 6.07) is 9.98. The van der Waals surface area contributed by atoms with Crippen molar-refractivity contribution in [2.75, 3.05) is 20.1 Å². The number of nitrogens with one attached hydrogen (secondary N) is 1. The molecular formula is C23H25N5O. The van der Waals surface area contributed by atoms with Gasteiger partial charge >= 0.3 is 0 Å². The van der Waals surface area contributed by atoms with Crippen molar-refractivity contribution in [3.63, 3.8) is 0 Å². The zero-order chi connectivity index (χ0) is 20.2. The van der Waals surface area contributed by atoms with Gasteiger partial charge in [-0.25, -0.2) is 9.97 Å². The zero-order valence-electron chi connectivity index (χ0n) is 17.1. The fourth-order valence-corrected chi connectivity index (χ4v) is 4.24. The van der Waals surface area contributed by atoms with E-state index in [9.17, 15) is 4.79 Å². The van der Waals surface area contributed by atoms with Crippen molar-refractivity contribution in [1.82, 2.24) is 24.3 Å². The second-order valence-corrected chi connectivity index (χ2v) is 8.58. The quantitative estimate of drug-likeness (QED) is 0.571. The van der Waals surface area contributed by atoms with Crippen molar-refractivity contribution in [3.8, 4) is 11.1 Å². The predicted molar refractivity (Wildman–Crippen MR) is 115 cm³/mol. The summed E-state index contributed by atoms with van der Waals surface area (Å²) in [5.74, 6) is 0.811. The van der Waals surface area contributed by atoms with Gasteiger partial charge in [0.15, 0.2) is 0 Å². The third-order valence-corrected chi connectivity index (χ3v) is 6.27. The smallest absolute Gasteiger partial charge is 0.258 e. The molecule has 148 valence electrons. The minimum atomic E-state index is -0.0805. The molecule has 0 atom stereocenters. The minimum Gasteiger partial charge on any atom is -0.310 e. The van der Waals surface area contributed by atoms with Crippen molar-refractivity contribution < 1.29 is 0 Å². The third kappa shape index (κ3) is 3.13. The first kappa shape index (κ1) is 18.1. The second-order valence-electron chi connectivity index (χ2n) is 8.58. The van der Waals surface area contributed by atoms with E-state index in [1.165, 1.54) is 0 Å². The molecular weight excluding hydrogens is 362 g/mol. The standard InChI is InChI=1S/C23H25N5O/c1-15-13-28-14-17(5-7-20(28)24-15)16-4-6-19-18(12-16)21(29)26-22(25-19)23(2)8-10-27(3)11-9-23/h4-7,12-14H,8-11H2,1-3H3,(H,25,26,29). The van der Waals surface area contributed by atoms with E-state index in [1.807, 2.05) is 54.0 Å². The lowest BCUT2D eigenvalue weighted by Gasteiger charge is -2.36. The number of rotatable bonds is 2. The van der Waals surface area contributed by atoms with Crippen LogP contribution in [0.5, 0.6) is 0 Å². The molecule has 1 aliphatic heterocycles. The molecule has 0 saturated carbocycles. The second kappa shape index (κ2) is 6.52. The van der Waals surface area contributed by atoms with E-state index in [0.717, 1.165) is 59.7 Å². The van der Waals surface area contributed by atoms with Crippen molar-refractivity contribution >= 4 is 16.6 Å². The summed E-state index contributed by atoms with van der Waals surface area (Å²) in [5.41, 5.74) is 4.56. The number of H-pyrrole nitrogens is 1. The molecule has 0 amide bonds. The molecule has 3 aromatic heterocycles. The summed E-state index contributed by atoms with van der Waals surface area (Å²) in [4.78, 5) is 27.7. The number of piperidine rings is 1. The van der Waals surface area contributed by atoms with Gasteiger partial charge in [-0.1, -0.05) is 13.0 Å². The van der Waals surface area contributed by atoms with Crippen LogP contribution in [0.25, 0.3) is 27.7 Å². The van der Waals surface area contributed by atoms with Crippen LogP contribution in [0, 0.1) is 6.92 Å². The number of aromatic nitrogens is 4. The first-order valence-electron chi connectivity index (χ1n) is 10.1. The molecule has 29 heavy (non-hydrogen) atoms. The Hall–Kier alpha value is -2.99. The van der Waals surface area contributed by atoms with Crippen molar-refractivity contribution in [1.29, 1.82) is 0 Å². The largest absolute Gasteiger partial charge is 0.310 e. The van der Waals surface area contributed by atoms with Crippen molar-refractivity contribution in [3.05, 3.63) is 64.6 Å². The summed E-state index contributed by atoms with van der Waals surface area (Å²) in [7, 11) is 2.14. The lowest BCUT2D eigenvalue weighted by atomic mass is 9.79. The molecule has 1 saturated heterocycles. The van der Waals surface area contributed by atoms with E-state index in [0.29, 0.717) is 5.39 Å². The average Bonchev–Trinajstić information content (AvgIpc) is 3.09. The molecule has 5 rings (SSSR count). The molecule has 1 aliphatic rings. The van der Waals surface area contributed by atoms with Crippen LogP contribution in [-0.4, -0.2) is 44.4 Å². The van der Waals surface area contributed by atoms with Crippen LogP contribution in [-0.2, 0) is 5.41 Å². The van der Waals surface area contributed by atoms with E-state index in [2.05, 4.69) is 28.8 Å². The molecule has 0 aliphatic carbocycles. The zero-order valence-corrected chi connectivity index (χ0v) is 17.1. The van der Waals surface area contributed by atoms with Crippen LogP contribution in [0.1, 0.15) is 31.3 Å². The lowest BCUT2D eigenvalue weighted by Crippen LogP contribution is -2.40. The van der Waals surface area contributed by atoms with Gasteiger partial charge in [-0.05, 0) is 75.3 Å². The van der Waals surface area contributed by atoms with Gasteiger partial charge in [0, 0.05) is 17.8 Å². The maximum atomic E-state index is 12.9. The van der Waals surface area contributed by atoms with Gasteiger partial charge in [0.05, 0.1) is 16.6 Å². The predicted octanol–water partition coefficient (Wildman–Crippen LogP) is 3.53. The number of aromatic amines is 1. The number of hydrogen-bond donors (Lipinski definition) is 1. The molecule has 0 bridgehead atoms. The van der Waals surface area contributed by atoms with E-state index in [1.54, 1.807) is 0 Å². The number of benzene rings is 1. The third-order valence-electron chi connectivity index (χ3n) is 6.27. The Balaban J connectivity index is 1.57. The van der Waals surface area contributed by atoms with Crippen LogP contribution in [0.4, 0.5) is 0 Å². The first-order valence-corrected chi connectivity index (χ1v) is 10.1. The van der Waals surface area contributed by atoms with Crippen molar-refractivity contribution in [2.24, 2.45) is 0 Å². The highest BCUT2D eigenvalue weighted by atomic mass is 16.1. The highest BCUT2D eigenvalue weighted by Crippen LogP contribution is 2.33. The number of nitrogens with zero attached hydrogens (tertiary/aromatic N) is 4. The van der Waals surface area contributed by atoms with E-state index < -0.39 is 0 Å². The van der Waals surface area contributed by atoms with Gasteiger partial charge in [-0.2, -0.15) is 0 Å². The van der Waals surface area contributed by atoms with Gasteiger partial charge in [0.2, 0.25) is 0 Å². The number of fused-ring (bicyclic) bond motifs is 2. The van der Waals surface area contributed by atoms with Crippen LogP contribution >= 0.6 is 0 Å². The summed E-state index contributed by atoms with van der Waals surface area (Å²) in [6.45, 7) is 6.23. The summed E-state index contributed by atoms with van der Waals surface area (Å²) < 4.78 is 2.02. The molecule has 0 spiro atoms. The van der Waals surface area contributed by atoms with Crippen LogP contribution in [0.2, 0.25) is 0 Å². The van der Waals surface area contributed by atoms with Crippen molar-refractivity contribution in [2.45, 2.75) is 32.1 Å². The van der Waals surface area contributed by atoms with Crippen LogP contribution in [0.3, 0.4) is 0 Å². The van der Waals surface area contributed by atoms with E-state index >= 15 is 0 Å². The topological polar surface area (TPSA) is 66.3 Å². The number of aryl methyl sites for hydroxylation is 1. The fraction of sp³-hybridized carbons (Fsp3) is 0.348. The van der Waals surface area contributed by atoms with Gasteiger partial charge in [0.1, 0.15) is 11.5 Å². The Bertz CT molecular complexity index is 1280. The monoisotopic (exact) mass is 387 g/mol. The molecule has 6 heteroatoms. The molecule has 6 nitrogen and oxygen atoms in total. The molecule has 1 fully saturated rings. The van der Waals surface area contributed by atoms with Crippen LogP contribution in [0.15, 0.2) is 47.5 Å². The first-order chi connectivity index (χ1) is 13.9. The molecule has 4 aromatic rings. The summed E-state index contributed by atoms with van der Waals surface area (Å²) in [6.07, 6.45) is 6.05. The SMILES string of the molecule is Cc1cn2cc(-c3ccc4nc(C5(C)CCN(C)CC5)[nH]c(=O)c4c3)ccc2n1. The summed E-state index contributed by atoms with van der Waals surface area (Å²) >= 11 is 0. The Morgan fingerprint density at radius 3 is 2.59 bits per heavy atom. The number of likely N-dealkylation sites (tertiary alicyclic amines) is 1. The normalized spacial score (nSPS) is 17.2. The highest BCUT2D eigenvalue weighted by Gasteiger charge is 2.33. The number of imidazole rings is 1. The van der Waals surface area contributed by atoms with Gasteiger partial charge in [0.25, 0.3) is 5.56 Å².